The van der Waals surface area contributed by atoms with Gasteiger partial charge in [0, 0.05) is 18.3 Å². The van der Waals surface area contributed by atoms with Gasteiger partial charge in [0.25, 0.3) is 0 Å². The van der Waals surface area contributed by atoms with E-state index in [1.807, 2.05) is 6.07 Å². The quantitative estimate of drug-likeness (QED) is 0.927. The summed E-state index contributed by atoms with van der Waals surface area (Å²) in [6.45, 7) is 2.17. The molecule has 2 N–H and O–H groups in total. The number of carbonyl (C=O) groups is 1. The lowest BCUT2D eigenvalue weighted by atomic mass is 9.95. The SMILES string of the molecule is CCCC(N)Cc1ccc2c(c1)CCCN2C(=O)C(F)(F)F. The number of aryl methyl sites for hydroxylation is 1. The van der Waals surface area contributed by atoms with Gasteiger partial charge in [0.2, 0.25) is 0 Å². The predicted octanol–water partition coefficient (Wildman–Crippen LogP) is 3.20. The number of rotatable bonds is 4. The second kappa shape index (κ2) is 6.69. The van der Waals surface area contributed by atoms with Crippen LogP contribution in [0.1, 0.15) is 37.3 Å². The molecule has 1 heterocycles. The maximum absolute atomic E-state index is 12.7. The van der Waals surface area contributed by atoms with E-state index < -0.39 is 12.1 Å². The summed E-state index contributed by atoms with van der Waals surface area (Å²) in [4.78, 5) is 12.4. The Labute approximate surface area is 128 Å². The molecule has 0 bridgehead atoms. The largest absolute Gasteiger partial charge is 0.471 e. The van der Waals surface area contributed by atoms with Crippen LogP contribution in [-0.4, -0.2) is 24.7 Å². The average molecular weight is 314 g/mol. The highest BCUT2D eigenvalue weighted by Crippen LogP contribution is 2.32. The van der Waals surface area contributed by atoms with Crippen LogP contribution in [0.25, 0.3) is 0 Å². The van der Waals surface area contributed by atoms with Crippen LogP contribution in [0.5, 0.6) is 0 Å². The van der Waals surface area contributed by atoms with Gasteiger partial charge in [0.15, 0.2) is 0 Å². The van der Waals surface area contributed by atoms with E-state index in [4.69, 9.17) is 5.73 Å². The Morgan fingerprint density at radius 3 is 2.77 bits per heavy atom. The molecule has 0 spiro atoms. The van der Waals surface area contributed by atoms with E-state index in [9.17, 15) is 18.0 Å². The number of alkyl halides is 3. The first-order valence-corrected chi connectivity index (χ1v) is 7.59. The Morgan fingerprint density at radius 2 is 2.14 bits per heavy atom. The number of anilines is 1. The molecule has 1 unspecified atom stereocenters. The number of halogens is 3. The van der Waals surface area contributed by atoms with E-state index in [-0.39, 0.29) is 12.6 Å². The van der Waals surface area contributed by atoms with E-state index in [1.54, 1.807) is 12.1 Å². The minimum absolute atomic E-state index is 0.0551. The lowest BCUT2D eigenvalue weighted by Gasteiger charge is -2.30. The van der Waals surface area contributed by atoms with Gasteiger partial charge in [0.05, 0.1) is 0 Å². The van der Waals surface area contributed by atoms with Crippen LogP contribution >= 0.6 is 0 Å². The fraction of sp³-hybridized carbons (Fsp3) is 0.562. The van der Waals surface area contributed by atoms with Gasteiger partial charge in [-0.2, -0.15) is 13.2 Å². The molecule has 122 valence electrons. The third-order valence-electron chi connectivity index (χ3n) is 3.91. The summed E-state index contributed by atoms with van der Waals surface area (Å²) in [5.74, 6) is -1.79. The molecule has 0 radical (unpaired) electrons. The van der Waals surface area contributed by atoms with Crippen LogP contribution in [0, 0.1) is 0 Å². The van der Waals surface area contributed by atoms with E-state index >= 15 is 0 Å². The molecular weight excluding hydrogens is 293 g/mol. The first kappa shape index (κ1) is 16.8. The van der Waals surface area contributed by atoms with Crippen molar-refractivity contribution < 1.29 is 18.0 Å². The summed E-state index contributed by atoms with van der Waals surface area (Å²) >= 11 is 0. The first-order chi connectivity index (χ1) is 10.3. The highest BCUT2D eigenvalue weighted by molar-refractivity contribution is 5.98. The Bertz CT molecular complexity index is 543. The molecule has 1 amide bonds. The number of benzene rings is 1. The van der Waals surface area contributed by atoms with Crippen molar-refractivity contribution in [2.45, 2.75) is 51.2 Å². The van der Waals surface area contributed by atoms with Crippen LogP contribution in [0.4, 0.5) is 18.9 Å². The number of hydrogen-bond donors (Lipinski definition) is 1. The molecular formula is C16H21F3N2O. The van der Waals surface area contributed by atoms with E-state index in [0.29, 0.717) is 24.9 Å². The normalized spacial score (nSPS) is 16.3. The smallest absolute Gasteiger partial charge is 0.327 e. The minimum Gasteiger partial charge on any atom is -0.327 e. The van der Waals surface area contributed by atoms with Gasteiger partial charge < -0.3 is 10.6 Å². The first-order valence-electron chi connectivity index (χ1n) is 7.59. The predicted molar refractivity (Wildman–Crippen MR) is 79.8 cm³/mol. The zero-order valence-electron chi connectivity index (χ0n) is 12.6. The van der Waals surface area contributed by atoms with Crippen LogP contribution in [0.3, 0.4) is 0 Å². The standard InChI is InChI=1S/C16H21F3N2O/c1-2-4-13(20)10-11-6-7-14-12(9-11)5-3-8-21(14)15(22)16(17,18)19/h6-7,9,13H,2-5,8,10,20H2,1H3. The third-order valence-corrected chi connectivity index (χ3v) is 3.91. The molecule has 0 saturated carbocycles. The molecule has 1 aromatic rings. The van der Waals surface area contributed by atoms with Crippen LogP contribution in [0.15, 0.2) is 18.2 Å². The lowest BCUT2D eigenvalue weighted by Crippen LogP contribution is -2.43. The molecule has 1 aromatic carbocycles. The fourth-order valence-electron chi connectivity index (χ4n) is 2.92. The Morgan fingerprint density at radius 1 is 1.41 bits per heavy atom. The number of amides is 1. The summed E-state index contributed by atoms with van der Waals surface area (Å²) < 4.78 is 38.0. The molecule has 1 aliphatic heterocycles. The van der Waals surface area contributed by atoms with Gasteiger partial charge >= 0.3 is 12.1 Å². The van der Waals surface area contributed by atoms with Crippen molar-refractivity contribution in [2.24, 2.45) is 5.73 Å². The van der Waals surface area contributed by atoms with Crippen molar-refractivity contribution >= 4 is 11.6 Å². The summed E-state index contributed by atoms with van der Waals surface area (Å²) in [5, 5.41) is 0. The molecule has 0 saturated heterocycles. The van der Waals surface area contributed by atoms with Crippen LogP contribution < -0.4 is 10.6 Å². The molecule has 6 heteroatoms. The number of fused-ring (bicyclic) bond motifs is 1. The number of nitrogens with zero attached hydrogens (tertiary/aromatic N) is 1. The Hall–Kier alpha value is -1.56. The molecule has 1 atom stereocenters. The highest BCUT2D eigenvalue weighted by atomic mass is 19.4. The van der Waals surface area contributed by atoms with Gasteiger partial charge in [-0.1, -0.05) is 25.5 Å². The zero-order chi connectivity index (χ0) is 16.3. The maximum atomic E-state index is 12.7. The summed E-state index contributed by atoms with van der Waals surface area (Å²) in [5.41, 5.74) is 8.20. The van der Waals surface area contributed by atoms with Gasteiger partial charge in [-0.25, -0.2) is 0 Å². The molecule has 0 fully saturated rings. The minimum atomic E-state index is -4.84. The van der Waals surface area contributed by atoms with Crippen molar-refractivity contribution in [2.75, 3.05) is 11.4 Å². The van der Waals surface area contributed by atoms with Crippen molar-refractivity contribution in [3.05, 3.63) is 29.3 Å². The Balaban J connectivity index is 2.21. The van der Waals surface area contributed by atoms with Gasteiger partial charge in [-0.3, -0.25) is 4.79 Å². The van der Waals surface area contributed by atoms with Crippen molar-refractivity contribution in [3.8, 4) is 0 Å². The van der Waals surface area contributed by atoms with E-state index in [2.05, 4.69) is 6.92 Å². The second-order valence-electron chi connectivity index (χ2n) is 5.77. The molecule has 0 aliphatic carbocycles. The van der Waals surface area contributed by atoms with Crippen molar-refractivity contribution in [1.82, 2.24) is 0 Å². The summed E-state index contributed by atoms with van der Waals surface area (Å²) in [6, 6.07) is 5.34. The number of carbonyl (C=O) groups excluding carboxylic acids is 1. The lowest BCUT2D eigenvalue weighted by molar-refractivity contribution is -0.170. The molecule has 3 nitrogen and oxygen atoms in total. The average Bonchev–Trinajstić information content (AvgIpc) is 2.45. The molecule has 22 heavy (non-hydrogen) atoms. The highest BCUT2D eigenvalue weighted by Gasteiger charge is 2.43. The van der Waals surface area contributed by atoms with Crippen molar-refractivity contribution in [1.29, 1.82) is 0 Å². The number of nitrogens with two attached hydrogens (primary N) is 1. The van der Waals surface area contributed by atoms with Gasteiger partial charge in [0.1, 0.15) is 0 Å². The molecule has 0 aromatic heterocycles. The van der Waals surface area contributed by atoms with E-state index in [0.717, 1.165) is 28.9 Å². The van der Waals surface area contributed by atoms with Crippen LogP contribution in [-0.2, 0) is 17.6 Å². The van der Waals surface area contributed by atoms with Gasteiger partial charge in [-0.05, 0) is 42.9 Å². The van der Waals surface area contributed by atoms with Gasteiger partial charge in [-0.15, -0.1) is 0 Å². The summed E-state index contributed by atoms with van der Waals surface area (Å²) in [6.07, 6.45) is -0.992. The topological polar surface area (TPSA) is 46.3 Å². The molecule has 2 rings (SSSR count). The van der Waals surface area contributed by atoms with Crippen molar-refractivity contribution in [3.63, 3.8) is 0 Å². The zero-order valence-corrected chi connectivity index (χ0v) is 12.6. The monoisotopic (exact) mass is 314 g/mol. The number of hydrogen-bond acceptors (Lipinski definition) is 2. The maximum Gasteiger partial charge on any atom is 0.471 e. The van der Waals surface area contributed by atoms with Crippen LogP contribution in [0.2, 0.25) is 0 Å². The van der Waals surface area contributed by atoms with E-state index in [1.165, 1.54) is 0 Å². The Kier molecular flexibility index (Phi) is 5.11. The molecule has 1 aliphatic rings. The summed E-state index contributed by atoms with van der Waals surface area (Å²) in [7, 11) is 0. The third kappa shape index (κ3) is 3.80. The second-order valence-corrected chi connectivity index (χ2v) is 5.77. The fourth-order valence-corrected chi connectivity index (χ4v) is 2.92.